The maximum atomic E-state index is 13.6. The second-order valence-electron chi connectivity index (χ2n) is 8.46. The number of ether oxygens (including phenoxy) is 2. The molecule has 1 aliphatic rings. The van der Waals surface area contributed by atoms with E-state index >= 15 is 0 Å². The SMILES string of the molecule is COc1ccc(CCN2C(=O)N(c3ccc(F)cc3)C(=O)C2CC(=O)Nc2ccc(F)c(F)c2)cc1OC. The van der Waals surface area contributed by atoms with Crippen LogP contribution < -0.4 is 19.7 Å². The molecule has 3 aromatic carbocycles. The number of hydrogen-bond acceptors (Lipinski definition) is 5. The number of rotatable bonds is 9. The molecule has 198 valence electrons. The Morgan fingerprint density at radius 3 is 2.26 bits per heavy atom. The fraction of sp³-hybridized carbons (Fsp3) is 0.222. The molecule has 4 rings (SSSR count). The Bertz CT molecular complexity index is 1370. The second kappa shape index (κ2) is 11.2. The zero-order valence-electron chi connectivity index (χ0n) is 20.5. The first-order valence-corrected chi connectivity index (χ1v) is 11.6. The standard InChI is InChI=1S/C27H24F3N3O5/c1-37-23-10-3-16(13-24(23)38-2)11-12-32-22(15-25(34)31-18-6-9-20(29)21(30)14-18)26(35)33(27(32)36)19-7-4-17(28)5-8-19/h3-10,13-14,22H,11-12,15H2,1-2H3,(H,31,34). The van der Waals surface area contributed by atoms with Gasteiger partial charge in [0.1, 0.15) is 11.9 Å². The lowest BCUT2D eigenvalue weighted by Crippen LogP contribution is -2.39. The zero-order chi connectivity index (χ0) is 27.4. The normalized spacial score (nSPS) is 15.1. The third-order valence-corrected chi connectivity index (χ3v) is 6.07. The highest BCUT2D eigenvalue weighted by Gasteiger charge is 2.46. The van der Waals surface area contributed by atoms with Gasteiger partial charge in [-0.2, -0.15) is 0 Å². The van der Waals surface area contributed by atoms with Gasteiger partial charge in [0.25, 0.3) is 5.91 Å². The summed E-state index contributed by atoms with van der Waals surface area (Å²) in [6.07, 6.45) is -0.120. The third-order valence-electron chi connectivity index (χ3n) is 6.07. The van der Waals surface area contributed by atoms with Gasteiger partial charge in [-0.15, -0.1) is 0 Å². The Balaban J connectivity index is 1.57. The molecule has 0 spiro atoms. The Morgan fingerprint density at radius 1 is 0.895 bits per heavy atom. The molecule has 1 unspecified atom stereocenters. The van der Waals surface area contributed by atoms with E-state index in [9.17, 15) is 27.6 Å². The van der Waals surface area contributed by atoms with Gasteiger partial charge in [0.15, 0.2) is 23.1 Å². The molecule has 11 heteroatoms. The van der Waals surface area contributed by atoms with Gasteiger partial charge in [0.05, 0.1) is 26.3 Å². The maximum absolute atomic E-state index is 13.6. The van der Waals surface area contributed by atoms with E-state index in [2.05, 4.69) is 5.32 Å². The van der Waals surface area contributed by atoms with Gasteiger partial charge in [0, 0.05) is 18.3 Å². The summed E-state index contributed by atoms with van der Waals surface area (Å²) in [5.41, 5.74) is 0.937. The van der Waals surface area contributed by atoms with Crippen molar-refractivity contribution in [3.63, 3.8) is 0 Å². The van der Waals surface area contributed by atoms with Crippen LogP contribution in [0, 0.1) is 17.5 Å². The molecular weight excluding hydrogens is 503 g/mol. The van der Waals surface area contributed by atoms with Gasteiger partial charge in [0.2, 0.25) is 5.91 Å². The molecule has 1 N–H and O–H groups in total. The second-order valence-corrected chi connectivity index (χ2v) is 8.46. The van der Waals surface area contributed by atoms with E-state index in [0.29, 0.717) is 17.9 Å². The molecule has 1 heterocycles. The van der Waals surface area contributed by atoms with Gasteiger partial charge < -0.3 is 19.7 Å². The average molecular weight is 527 g/mol. The number of nitrogens with zero attached hydrogens (tertiary/aromatic N) is 2. The molecule has 1 saturated heterocycles. The molecular formula is C27H24F3N3O5. The van der Waals surface area contributed by atoms with E-state index in [0.717, 1.165) is 34.7 Å². The van der Waals surface area contributed by atoms with Crippen molar-refractivity contribution in [1.29, 1.82) is 0 Å². The number of amides is 4. The van der Waals surface area contributed by atoms with Crippen LogP contribution >= 0.6 is 0 Å². The summed E-state index contributed by atoms with van der Waals surface area (Å²) in [4.78, 5) is 41.6. The molecule has 0 aliphatic carbocycles. The Morgan fingerprint density at radius 2 is 1.61 bits per heavy atom. The molecule has 4 amide bonds. The minimum absolute atomic E-state index is 0.00191. The highest BCUT2D eigenvalue weighted by atomic mass is 19.2. The van der Waals surface area contributed by atoms with Crippen molar-refractivity contribution < 1.29 is 37.0 Å². The molecule has 3 aromatic rings. The third kappa shape index (κ3) is 5.56. The Labute approximate surface area is 216 Å². The van der Waals surface area contributed by atoms with E-state index in [-0.39, 0.29) is 17.9 Å². The largest absolute Gasteiger partial charge is 0.493 e. The van der Waals surface area contributed by atoms with Gasteiger partial charge in [-0.3, -0.25) is 9.59 Å². The van der Waals surface area contributed by atoms with Gasteiger partial charge in [-0.25, -0.2) is 22.9 Å². The lowest BCUT2D eigenvalue weighted by molar-refractivity contribution is -0.124. The smallest absolute Gasteiger partial charge is 0.332 e. The molecule has 38 heavy (non-hydrogen) atoms. The molecule has 0 radical (unpaired) electrons. The van der Waals surface area contributed by atoms with Crippen LogP contribution in [0.25, 0.3) is 0 Å². The van der Waals surface area contributed by atoms with Crippen molar-refractivity contribution in [1.82, 2.24) is 4.90 Å². The van der Waals surface area contributed by atoms with E-state index in [1.807, 2.05) is 0 Å². The fourth-order valence-corrected chi connectivity index (χ4v) is 4.16. The van der Waals surface area contributed by atoms with Crippen LogP contribution in [0.1, 0.15) is 12.0 Å². The summed E-state index contributed by atoms with van der Waals surface area (Å²) in [6.45, 7) is 0.0703. The van der Waals surface area contributed by atoms with Crippen LogP contribution in [0.15, 0.2) is 60.7 Å². The maximum Gasteiger partial charge on any atom is 0.332 e. The number of benzene rings is 3. The number of halogens is 3. The Kier molecular flexibility index (Phi) is 7.85. The van der Waals surface area contributed by atoms with Gasteiger partial charge >= 0.3 is 6.03 Å². The van der Waals surface area contributed by atoms with Crippen molar-refractivity contribution >= 4 is 29.2 Å². The predicted octanol–water partition coefficient (Wildman–Crippen LogP) is 4.53. The van der Waals surface area contributed by atoms with E-state index in [4.69, 9.17) is 9.47 Å². The van der Waals surface area contributed by atoms with Crippen LogP contribution in [0.2, 0.25) is 0 Å². The molecule has 1 aliphatic heterocycles. The summed E-state index contributed by atoms with van der Waals surface area (Å²) in [5.74, 6) is -3.10. The zero-order valence-corrected chi connectivity index (χ0v) is 20.5. The van der Waals surface area contributed by atoms with Crippen molar-refractivity contribution in [3.05, 3.63) is 83.7 Å². The lowest BCUT2D eigenvalue weighted by Gasteiger charge is -2.22. The quantitative estimate of drug-likeness (QED) is 0.413. The van der Waals surface area contributed by atoms with E-state index < -0.39 is 47.8 Å². The monoisotopic (exact) mass is 527 g/mol. The summed E-state index contributed by atoms with van der Waals surface area (Å²) in [7, 11) is 3.00. The number of nitrogens with one attached hydrogen (secondary N) is 1. The van der Waals surface area contributed by atoms with E-state index in [1.165, 1.54) is 37.3 Å². The summed E-state index contributed by atoms with van der Waals surface area (Å²) >= 11 is 0. The minimum atomic E-state index is -1.18. The molecule has 0 bridgehead atoms. The van der Waals surface area contributed by atoms with Crippen LogP contribution in [-0.4, -0.2) is 49.6 Å². The van der Waals surface area contributed by atoms with Crippen LogP contribution in [0.3, 0.4) is 0 Å². The molecule has 0 aromatic heterocycles. The van der Waals surface area contributed by atoms with Crippen LogP contribution in [-0.2, 0) is 16.0 Å². The topological polar surface area (TPSA) is 88.2 Å². The first-order chi connectivity index (χ1) is 18.2. The van der Waals surface area contributed by atoms with Crippen molar-refractivity contribution in [2.75, 3.05) is 31.0 Å². The molecule has 1 atom stereocenters. The van der Waals surface area contributed by atoms with Crippen LogP contribution in [0.5, 0.6) is 11.5 Å². The summed E-state index contributed by atoms with van der Waals surface area (Å²) < 4.78 is 50.8. The number of carbonyl (C=O) groups is 3. The lowest BCUT2D eigenvalue weighted by atomic mass is 10.1. The minimum Gasteiger partial charge on any atom is -0.493 e. The number of hydrogen-bond donors (Lipinski definition) is 1. The van der Waals surface area contributed by atoms with Crippen LogP contribution in [0.4, 0.5) is 29.3 Å². The number of anilines is 2. The average Bonchev–Trinajstić information content (AvgIpc) is 3.13. The number of urea groups is 1. The summed E-state index contributed by atoms with van der Waals surface area (Å²) in [5, 5.41) is 2.42. The predicted molar refractivity (Wildman–Crippen MR) is 133 cm³/mol. The van der Waals surface area contributed by atoms with Gasteiger partial charge in [-0.05, 0) is 60.5 Å². The first-order valence-electron chi connectivity index (χ1n) is 11.6. The Hall–Kier alpha value is -4.54. The molecule has 0 saturated carbocycles. The highest BCUT2D eigenvalue weighted by Crippen LogP contribution is 2.30. The number of methoxy groups -OCH3 is 2. The van der Waals surface area contributed by atoms with E-state index in [1.54, 1.807) is 18.2 Å². The fourth-order valence-electron chi connectivity index (χ4n) is 4.16. The van der Waals surface area contributed by atoms with Crippen molar-refractivity contribution in [2.45, 2.75) is 18.9 Å². The highest BCUT2D eigenvalue weighted by molar-refractivity contribution is 6.22. The number of imide groups is 1. The molecule has 8 nitrogen and oxygen atoms in total. The van der Waals surface area contributed by atoms with Crippen molar-refractivity contribution in [2.24, 2.45) is 0 Å². The summed E-state index contributed by atoms with van der Waals surface area (Å²) in [6, 6.07) is 11.1. The first kappa shape index (κ1) is 26.5. The molecule has 1 fully saturated rings. The van der Waals surface area contributed by atoms with Gasteiger partial charge in [-0.1, -0.05) is 6.07 Å². The number of carbonyl (C=O) groups excluding carboxylic acids is 3. The van der Waals surface area contributed by atoms with Crippen molar-refractivity contribution in [3.8, 4) is 11.5 Å².